The van der Waals surface area contributed by atoms with Crippen molar-refractivity contribution < 1.29 is 24.9 Å². The Morgan fingerprint density at radius 1 is 1.27 bits per heavy atom. The fourth-order valence-corrected chi connectivity index (χ4v) is 3.65. The van der Waals surface area contributed by atoms with Crippen LogP contribution in [0.25, 0.3) is 0 Å². The first-order valence-corrected chi connectivity index (χ1v) is 9.93. The van der Waals surface area contributed by atoms with Gasteiger partial charge in [0.15, 0.2) is 0 Å². The van der Waals surface area contributed by atoms with Crippen molar-refractivity contribution in [1.82, 2.24) is 0 Å². The van der Waals surface area contributed by atoms with E-state index in [0.717, 1.165) is 38.5 Å². The van der Waals surface area contributed by atoms with E-state index in [1.807, 2.05) is 18.2 Å². The van der Waals surface area contributed by atoms with Crippen LogP contribution in [0.3, 0.4) is 0 Å². The number of aliphatic hydroxyl groups excluding tert-OH is 2. The SMILES string of the molecule is CCCCC[C@H](O)/C=C/[C@@H]1[C@@H](C/C=C\CCCC(=O)O)[C@@H](OC)C[C@H]1O. The summed E-state index contributed by atoms with van der Waals surface area (Å²) in [5, 5.41) is 29.1. The van der Waals surface area contributed by atoms with Crippen LogP contribution in [0.5, 0.6) is 0 Å². The summed E-state index contributed by atoms with van der Waals surface area (Å²) in [4.78, 5) is 10.5. The number of hydrogen-bond donors (Lipinski definition) is 3. The van der Waals surface area contributed by atoms with Crippen LogP contribution in [0.15, 0.2) is 24.3 Å². The van der Waals surface area contributed by atoms with E-state index in [2.05, 4.69) is 13.0 Å². The number of ether oxygens (including phenoxy) is 1. The lowest BCUT2D eigenvalue weighted by Gasteiger charge is -2.21. The van der Waals surface area contributed by atoms with Gasteiger partial charge in [-0.15, -0.1) is 0 Å². The van der Waals surface area contributed by atoms with Gasteiger partial charge in [0.05, 0.1) is 18.3 Å². The monoisotopic (exact) mass is 368 g/mol. The third-order valence-electron chi connectivity index (χ3n) is 5.19. The molecule has 1 rings (SSSR count). The Kier molecular flexibility index (Phi) is 11.5. The molecule has 0 spiro atoms. The van der Waals surface area contributed by atoms with Gasteiger partial charge in [-0.2, -0.15) is 0 Å². The van der Waals surface area contributed by atoms with Crippen molar-refractivity contribution in [3.05, 3.63) is 24.3 Å². The first kappa shape index (κ1) is 22.9. The molecule has 0 aromatic heterocycles. The molecule has 0 amide bonds. The zero-order chi connectivity index (χ0) is 19.4. The van der Waals surface area contributed by atoms with E-state index >= 15 is 0 Å². The molecular weight excluding hydrogens is 332 g/mol. The van der Waals surface area contributed by atoms with Crippen LogP contribution in [-0.4, -0.2) is 46.7 Å². The van der Waals surface area contributed by atoms with Gasteiger partial charge in [0.1, 0.15) is 0 Å². The van der Waals surface area contributed by atoms with Crippen LogP contribution in [0.1, 0.15) is 64.7 Å². The van der Waals surface area contributed by atoms with Crippen molar-refractivity contribution in [2.24, 2.45) is 11.8 Å². The summed E-state index contributed by atoms with van der Waals surface area (Å²) in [6.07, 6.45) is 13.9. The molecule has 3 N–H and O–H groups in total. The largest absolute Gasteiger partial charge is 0.481 e. The van der Waals surface area contributed by atoms with Gasteiger partial charge in [0, 0.05) is 25.9 Å². The van der Waals surface area contributed by atoms with Crippen molar-refractivity contribution in [1.29, 1.82) is 0 Å². The zero-order valence-electron chi connectivity index (χ0n) is 16.2. The topological polar surface area (TPSA) is 87.0 Å². The zero-order valence-corrected chi connectivity index (χ0v) is 16.2. The molecule has 5 atom stereocenters. The van der Waals surface area contributed by atoms with Gasteiger partial charge in [-0.25, -0.2) is 0 Å². The molecule has 0 aliphatic heterocycles. The third-order valence-corrected chi connectivity index (χ3v) is 5.19. The second-order valence-electron chi connectivity index (χ2n) is 7.26. The van der Waals surface area contributed by atoms with Crippen LogP contribution in [0.4, 0.5) is 0 Å². The number of allylic oxidation sites excluding steroid dienone is 2. The summed E-state index contributed by atoms with van der Waals surface area (Å²) < 4.78 is 5.55. The minimum absolute atomic E-state index is 0.000513. The highest BCUT2D eigenvalue weighted by molar-refractivity contribution is 5.66. The van der Waals surface area contributed by atoms with Gasteiger partial charge in [-0.05, 0) is 31.6 Å². The second-order valence-corrected chi connectivity index (χ2v) is 7.26. The highest BCUT2D eigenvalue weighted by Crippen LogP contribution is 2.38. The van der Waals surface area contributed by atoms with E-state index in [-0.39, 0.29) is 24.4 Å². The molecule has 0 aromatic carbocycles. The number of rotatable bonds is 13. The van der Waals surface area contributed by atoms with E-state index in [0.29, 0.717) is 12.8 Å². The van der Waals surface area contributed by atoms with Crippen molar-refractivity contribution in [2.45, 2.75) is 83.0 Å². The highest BCUT2D eigenvalue weighted by Gasteiger charge is 2.40. The molecule has 0 radical (unpaired) electrons. The lowest BCUT2D eigenvalue weighted by atomic mass is 9.89. The standard InChI is InChI=1S/C21H36O5/c1-3-4-7-10-16(22)13-14-17-18(20(26-2)15-19(17)23)11-8-5-6-9-12-21(24)25/h5,8,13-14,16-20,22-23H,3-4,6-7,9-12,15H2,1-2H3,(H,24,25)/b8-5-,14-13+/t16-,17+,18+,19+,20-/m0/s1. The average molecular weight is 369 g/mol. The molecule has 1 aliphatic rings. The van der Waals surface area contributed by atoms with Crippen LogP contribution >= 0.6 is 0 Å². The van der Waals surface area contributed by atoms with Crippen molar-refractivity contribution in [2.75, 3.05) is 7.11 Å². The van der Waals surface area contributed by atoms with E-state index in [1.54, 1.807) is 7.11 Å². The molecule has 5 nitrogen and oxygen atoms in total. The quantitative estimate of drug-likeness (QED) is 0.341. The van der Waals surface area contributed by atoms with Crippen LogP contribution < -0.4 is 0 Å². The Hall–Kier alpha value is -1.17. The number of methoxy groups -OCH3 is 1. The van der Waals surface area contributed by atoms with E-state index < -0.39 is 18.2 Å². The van der Waals surface area contributed by atoms with Crippen molar-refractivity contribution >= 4 is 5.97 Å². The first-order valence-electron chi connectivity index (χ1n) is 9.93. The number of unbranched alkanes of at least 4 members (excludes halogenated alkanes) is 3. The summed E-state index contributed by atoms with van der Waals surface area (Å²) in [6.45, 7) is 2.14. The van der Waals surface area contributed by atoms with E-state index in [1.165, 1.54) is 0 Å². The Bertz CT molecular complexity index is 446. The van der Waals surface area contributed by atoms with E-state index in [4.69, 9.17) is 9.84 Å². The molecule has 0 heterocycles. The molecule has 1 aliphatic carbocycles. The fourth-order valence-electron chi connectivity index (χ4n) is 3.65. The molecular formula is C21H36O5. The maximum atomic E-state index is 10.5. The maximum absolute atomic E-state index is 10.5. The average Bonchev–Trinajstić information content (AvgIpc) is 2.91. The molecule has 0 saturated heterocycles. The van der Waals surface area contributed by atoms with Gasteiger partial charge in [0.25, 0.3) is 0 Å². The van der Waals surface area contributed by atoms with E-state index in [9.17, 15) is 15.0 Å². The molecule has 0 bridgehead atoms. The molecule has 0 unspecified atom stereocenters. The van der Waals surface area contributed by atoms with Crippen LogP contribution in [0.2, 0.25) is 0 Å². The highest BCUT2D eigenvalue weighted by atomic mass is 16.5. The number of hydrogen-bond acceptors (Lipinski definition) is 4. The molecule has 1 saturated carbocycles. The summed E-state index contributed by atoms with van der Waals surface area (Å²) in [5.41, 5.74) is 0. The molecule has 5 heteroatoms. The number of carboxylic acids is 1. The number of aliphatic hydroxyl groups is 2. The normalized spacial score (nSPS) is 27.5. The van der Waals surface area contributed by atoms with Gasteiger partial charge in [-0.1, -0.05) is 50.5 Å². The lowest BCUT2D eigenvalue weighted by molar-refractivity contribution is -0.137. The number of carbonyl (C=O) groups is 1. The van der Waals surface area contributed by atoms with Gasteiger partial charge < -0.3 is 20.1 Å². The summed E-state index contributed by atoms with van der Waals surface area (Å²) in [5.74, 6) is -0.617. The Balaban J connectivity index is 2.54. The summed E-state index contributed by atoms with van der Waals surface area (Å²) >= 11 is 0. The Labute approximate surface area is 157 Å². The van der Waals surface area contributed by atoms with Crippen LogP contribution in [-0.2, 0) is 9.53 Å². The van der Waals surface area contributed by atoms with Gasteiger partial charge in [0.2, 0.25) is 0 Å². The first-order chi connectivity index (χ1) is 12.5. The van der Waals surface area contributed by atoms with Crippen LogP contribution in [0, 0.1) is 11.8 Å². The molecule has 0 aromatic rings. The summed E-state index contributed by atoms with van der Waals surface area (Å²) in [7, 11) is 1.67. The summed E-state index contributed by atoms with van der Waals surface area (Å²) in [6, 6.07) is 0. The smallest absolute Gasteiger partial charge is 0.303 e. The third kappa shape index (κ3) is 8.47. The van der Waals surface area contributed by atoms with Gasteiger partial charge >= 0.3 is 5.97 Å². The van der Waals surface area contributed by atoms with Gasteiger partial charge in [-0.3, -0.25) is 4.79 Å². The molecule has 1 fully saturated rings. The number of carboxylic acid groups (broad SMARTS) is 1. The fraction of sp³-hybridized carbons (Fsp3) is 0.762. The minimum atomic E-state index is -0.764. The molecule has 26 heavy (non-hydrogen) atoms. The Morgan fingerprint density at radius 3 is 2.69 bits per heavy atom. The maximum Gasteiger partial charge on any atom is 0.303 e. The predicted molar refractivity (Wildman–Crippen MR) is 103 cm³/mol. The Morgan fingerprint density at radius 2 is 2.04 bits per heavy atom. The molecule has 150 valence electrons. The predicted octanol–water partition coefficient (Wildman–Crippen LogP) is 3.70. The lowest BCUT2D eigenvalue weighted by Crippen LogP contribution is -2.21. The minimum Gasteiger partial charge on any atom is -0.481 e. The van der Waals surface area contributed by atoms with Crippen molar-refractivity contribution in [3.63, 3.8) is 0 Å². The number of aliphatic carboxylic acids is 1. The van der Waals surface area contributed by atoms with Crippen molar-refractivity contribution in [3.8, 4) is 0 Å². The second kappa shape index (κ2) is 13.1.